The van der Waals surface area contributed by atoms with Crippen LogP contribution < -0.4 is 10.2 Å². The molecule has 5 heteroatoms. The maximum Gasteiger partial charge on any atom is 0.136 e. The zero-order valence-corrected chi connectivity index (χ0v) is 12.8. The first-order valence-corrected chi connectivity index (χ1v) is 7.71. The molecule has 1 atom stereocenters. The molecule has 0 aromatic carbocycles. The van der Waals surface area contributed by atoms with Crippen LogP contribution in [0.3, 0.4) is 0 Å². The SMILES string of the molecule is CCNc1cc(N2CCC(N(C)C)C2)nc(C2CC2)n1. The molecule has 2 aliphatic rings. The van der Waals surface area contributed by atoms with Crippen molar-refractivity contribution in [1.29, 1.82) is 0 Å². The Morgan fingerprint density at radius 2 is 2.10 bits per heavy atom. The van der Waals surface area contributed by atoms with Crippen molar-refractivity contribution < 1.29 is 0 Å². The summed E-state index contributed by atoms with van der Waals surface area (Å²) in [5.74, 6) is 3.71. The van der Waals surface area contributed by atoms with Gasteiger partial charge in [-0.1, -0.05) is 0 Å². The average Bonchev–Trinajstić information content (AvgIpc) is 3.15. The number of likely N-dealkylation sites (N-methyl/N-ethyl adjacent to an activating group) is 1. The molecule has 1 aromatic heterocycles. The summed E-state index contributed by atoms with van der Waals surface area (Å²) in [4.78, 5) is 14.2. The molecular weight excluding hydrogens is 250 g/mol. The summed E-state index contributed by atoms with van der Waals surface area (Å²) in [5, 5.41) is 3.34. The molecule has 0 spiro atoms. The van der Waals surface area contributed by atoms with Crippen molar-refractivity contribution in [3.63, 3.8) is 0 Å². The summed E-state index contributed by atoms with van der Waals surface area (Å²) >= 11 is 0. The van der Waals surface area contributed by atoms with Gasteiger partial charge in [0.25, 0.3) is 0 Å². The molecule has 3 rings (SSSR count). The average molecular weight is 275 g/mol. The van der Waals surface area contributed by atoms with Crippen LogP contribution in [0.5, 0.6) is 0 Å². The Morgan fingerprint density at radius 1 is 1.30 bits per heavy atom. The second-order valence-corrected chi connectivity index (χ2v) is 6.13. The standard InChI is InChI=1S/C15H25N5/c1-4-16-13-9-14(18-15(17-13)11-5-6-11)20-8-7-12(10-20)19(2)3/h9,11-12H,4-8,10H2,1-3H3,(H,16,17,18). The van der Waals surface area contributed by atoms with E-state index in [9.17, 15) is 0 Å². The highest BCUT2D eigenvalue weighted by molar-refractivity contribution is 5.50. The Balaban J connectivity index is 1.81. The molecule has 2 heterocycles. The van der Waals surface area contributed by atoms with Crippen LogP contribution in [0.2, 0.25) is 0 Å². The lowest BCUT2D eigenvalue weighted by atomic mass is 10.2. The van der Waals surface area contributed by atoms with E-state index in [1.807, 2.05) is 0 Å². The number of anilines is 2. The Labute approximate surface area is 121 Å². The molecule has 0 amide bonds. The molecule has 0 radical (unpaired) electrons. The molecule has 0 bridgehead atoms. The van der Waals surface area contributed by atoms with E-state index in [0.717, 1.165) is 37.1 Å². The van der Waals surface area contributed by atoms with Crippen LogP contribution in [-0.2, 0) is 0 Å². The minimum absolute atomic E-state index is 0.597. The predicted octanol–water partition coefficient (Wildman–Crippen LogP) is 1.93. The summed E-state index contributed by atoms with van der Waals surface area (Å²) in [6.45, 7) is 5.17. The Morgan fingerprint density at radius 3 is 2.70 bits per heavy atom. The first-order valence-electron chi connectivity index (χ1n) is 7.71. The quantitative estimate of drug-likeness (QED) is 0.889. The van der Waals surface area contributed by atoms with Crippen molar-refractivity contribution in [3.8, 4) is 0 Å². The number of hydrogen-bond acceptors (Lipinski definition) is 5. The summed E-state index contributed by atoms with van der Waals surface area (Å²) < 4.78 is 0. The summed E-state index contributed by atoms with van der Waals surface area (Å²) in [6.07, 6.45) is 3.71. The van der Waals surface area contributed by atoms with Gasteiger partial charge in [-0.2, -0.15) is 0 Å². The van der Waals surface area contributed by atoms with Crippen LogP contribution in [0.4, 0.5) is 11.6 Å². The number of hydrogen-bond donors (Lipinski definition) is 1. The summed E-state index contributed by atoms with van der Waals surface area (Å²) in [7, 11) is 4.32. The lowest BCUT2D eigenvalue weighted by Crippen LogP contribution is -2.31. The second-order valence-electron chi connectivity index (χ2n) is 6.13. The molecule has 1 unspecified atom stereocenters. The zero-order valence-electron chi connectivity index (χ0n) is 12.8. The normalized spacial score (nSPS) is 22.6. The number of aromatic nitrogens is 2. The molecule has 2 fully saturated rings. The van der Waals surface area contributed by atoms with Gasteiger partial charge in [-0.25, -0.2) is 9.97 Å². The van der Waals surface area contributed by atoms with E-state index in [4.69, 9.17) is 4.98 Å². The third-order valence-corrected chi connectivity index (χ3v) is 4.25. The third kappa shape index (κ3) is 2.87. The number of nitrogens with zero attached hydrogens (tertiary/aromatic N) is 4. The van der Waals surface area contributed by atoms with E-state index < -0.39 is 0 Å². The first kappa shape index (κ1) is 13.6. The van der Waals surface area contributed by atoms with Gasteiger partial charge in [0, 0.05) is 37.7 Å². The predicted molar refractivity (Wildman–Crippen MR) is 82.5 cm³/mol. The molecule has 1 aliphatic heterocycles. The van der Waals surface area contributed by atoms with Crippen molar-refractivity contribution in [2.24, 2.45) is 0 Å². The van der Waals surface area contributed by atoms with Gasteiger partial charge in [-0.05, 0) is 40.3 Å². The molecule has 1 aromatic rings. The zero-order chi connectivity index (χ0) is 14.1. The summed E-state index contributed by atoms with van der Waals surface area (Å²) in [5.41, 5.74) is 0. The number of nitrogens with one attached hydrogen (secondary N) is 1. The van der Waals surface area contributed by atoms with Crippen LogP contribution in [0.25, 0.3) is 0 Å². The maximum atomic E-state index is 4.81. The number of rotatable bonds is 5. The van der Waals surface area contributed by atoms with Crippen LogP contribution in [0.15, 0.2) is 6.07 Å². The van der Waals surface area contributed by atoms with Crippen LogP contribution in [0.1, 0.15) is 37.9 Å². The second kappa shape index (κ2) is 5.56. The van der Waals surface area contributed by atoms with Crippen LogP contribution in [0, 0.1) is 0 Å². The third-order valence-electron chi connectivity index (χ3n) is 4.25. The highest BCUT2D eigenvalue weighted by Gasteiger charge is 2.30. The van der Waals surface area contributed by atoms with Gasteiger partial charge in [0.2, 0.25) is 0 Å². The monoisotopic (exact) mass is 275 g/mol. The first-order chi connectivity index (χ1) is 9.67. The maximum absolute atomic E-state index is 4.81. The van der Waals surface area contributed by atoms with Gasteiger partial charge in [-0.15, -0.1) is 0 Å². The Kier molecular flexibility index (Phi) is 3.78. The Bertz CT molecular complexity index is 469. The molecule has 20 heavy (non-hydrogen) atoms. The molecule has 1 saturated heterocycles. The van der Waals surface area contributed by atoms with Gasteiger partial charge < -0.3 is 15.1 Å². The molecular formula is C15H25N5. The molecule has 110 valence electrons. The van der Waals surface area contributed by atoms with Crippen molar-refractivity contribution in [1.82, 2.24) is 14.9 Å². The smallest absolute Gasteiger partial charge is 0.136 e. The largest absolute Gasteiger partial charge is 0.370 e. The van der Waals surface area contributed by atoms with Gasteiger partial charge in [0.15, 0.2) is 0 Å². The van der Waals surface area contributed by atoms with Crippen LogP contribution >= 0.6 is 0 Å². The molecule has 1 saturated carbocycles. The lowest BCUT2D eigenvalue weighted by Gasteiger charge is -2.22. The van der Waals surface area contributed by atoms with E-state index in [2.05, 4.69) is 47.2 Å². The fourth-order valence-electron chi connectivity index (χ4n) is 2.78. The Hall–Kier alpha value is -1.36. The van der Waals surface area contributed by atoms with Crippen molar-refractivity contribution in [2.75, 3.05) is 43.9 Å². The van der Waals surface area contributed by atoms with Crippen molar-refractivity contribution >= 4 is 11.6 Å². The minimum atomic E-state index is 0.597. The molecule has 5 nitrogen and oxygen atoms in total. The highest BCUT2D eigenvalue weighted by atomic mass is 15.3. The van der Waals surface area contributed by atoms with Crippen molar-refractivity contribution in [3.05, 3.63) is 11.9 Å². The van der Waals surface area contributed by atoms with E-state index in [-0.39, 0.29) is 0 Å². The molecule has 1 N–H and O–H groups in total. The van der Waals surface area contributed by atoms with E-state index in [1.54, 1.807) is 0 Å². The lowest BCUT2D eigenvalue weighted by molar-refractivity contribution is 0.315. The van der Waals surface area contributed by atoms with E-state index >= 15 is 0 Å². The fraction of sp³-hybridized carbons (Fsp3) is 0.733. The van der Waals surface area contributed by atoms with E-state index in [1.165, 1.54) is 19.3 Å². The van der Waals surface area contributed by atoms with Crippen LogP contribution in [-0.4, -0.2) is 54.6 Å². The van der Waals surface area contributed by atoms with Crippen molar-refractivity contribution in [2.45, 2.75) is 38.1 Å². The summed E-state index contributed by atoms with van der Waals surface area (Å²) in [6, 6.07) is 2.74. The topological polar surface area (TPSA) is 44.3 Å². The van der Waals surface area contributed by atoms with E-state index in [0.29, 0.717) is 12.0 Å². The fourth-order valence-corrected chi connectivity index (χ4v) is 2.78. The van der Waals surface area contributed by atoms with Gasteiger partial charge >= 0.3 is 0 Å². The van der Waals surface area contributed by atoms with Gasteiger partial charge in [0.1, 0.15) is 17.5 Å². The van der Waals surface area contributed by atoms with Gasteiger partial charge in [-0.3, -0.25) is 0 Å². The van der Waals surface area contributed by atoms with Gasteiger partial charge in [0.05, 0.1) is 0 Å². The highest BCUT2D eigenvalue weighted by Crippen LogP contribution is 2.39. The minimum Gasteiger partial charge on any atom is -0.370 e. The molecule has 1 aliphatic carbocycles.